The molecule has 0 aliphatic carbocycles. The Hall–Kier alpha value is -3.21. The van der Waals surface area contributed by atoms with Crippen LogP contribution >= 0.6 is 0 Å². The van der Waals surface area contributed by atoms with Crippen molar-refractivity contribution in [2.45, 2.75) is 0 Å². The van der Waals surface area contributed by atoms with Crippen molar-refractivity contribution in [2.24, 2.45) is 5.73 Å². The lowest BCUT2D eigenvalue weighted by Gasteiger charge is -2.01. The lowest BCUT2D eigenvalue weighted by molar-refractivity contribution is 0.0983. The van der Waals surface area contributed by atoms with Gasteiger partial charge in [-0.1, -0.05) is 36.4 Å². The van der Waals surface area contributed by atoms with Crippen molar-refractivity contribution in [3.05, 3.63) is 78.2 Å². The van der Waals surface area contributed by atoms with E-state index in [0.717, 1.165) is 16.8 Å². The molecule has 1 aromatic heterocycles. The lowest BCUT2D eigenvalue weighted by atomic mass is 10.0. The van der Waals surface area contributed by atoms with E-state index in [1.54, 1.807) is 12.1 Å². The molecule has 3 aromatic rings. The molecule has 22 heavy (non-hydrogen) atoms. The molecule has 0 amide bonds. The van der Waals surface area contributed by atoms with E-state index in [1.165, 1.54) is 12.5 Å². The van der Waals surface area contributed by atoms with Crippen LogP contribution in [0.4, 0.5) is 0 Å². The highest BCUT2D eigenvalue weighted by molar-refractivity contribution is 6.13. The van der Waals surface area contributed by atoms with Crippen LogP contribution in [0, 0.1) is 0 Å². The van der Waals surface area contributed by atoms with Crippen LogP contribution in [-0.2, 0) is 0 Å². The molecule has 3 rings (SSSR count). The van der Waals surface area contributed by atoms with Crippen molar-refractivity contribution < 1.29 is 14.0 Å². The van der Waals surface area contributed by atoms with Crippen LogP contribution in [-0.4, -0.2) is 16.6 Å². The fourth-order valence-electron chi connectivity index (χ4n) is 2.09. The molecular formula is C17H12N2O3. The molecule has 0 atom stereocenters. The largest absolute Gasteiger partial charge is 0.442 e. The van der Waals surface area contributed by atoms with Crippen molar-refractivity contribution in [3.63, 3.8) is 0 Å². The first-order chi connectivity index (χ1) is 10.6. The number of carbonyl (C=O) groups is 2. The molecule has 0 saturated heterocycles. The summed E-state index contributed by atoms with van der Waals surface area (Å²) >= 11 is 0. The summed E-state index contributed by atoms with van der Waals surface area (Å²) < 4.78 is 4.87. The predicted octanol–water partition coefficient (Wildman–Crippen LogP) is 2.74. The van der Waals surface area contributed by atoms with Crippen LogP contribution in [0.1, 0.15) is 21.0 Å². The Morgan fingerprint density at radius 2 is 1.86 bits per heavy atom. The number of allylic oxidation sites excluding steroid dienone is 2. The number of carbonyl (C=O) groups excluding carboxylic acids is 2. The highest BCUT2D eigenvalue weighted by Crippen LogP contribution is 2.16. The number of fused-ring (bicyclic) bond motifs is 1. The maximum Gasteiger partial charge on any atom is 0.269 e. The third-order valence-electron chi connectivity index (χ3n) is 3.21. The first kappa shape index (κ1) is 13.8. The molecule has 5 nitrogen and oxygen atoms in total. The monoisotopic (exact) mass is 292 g/mol. The Labute approximate surface area is 126 Å². The van der Waals surface area contributed by atoms with Gasteiger partial charge in [0.15, 0.2) is 5.78 Å². The van der Waals surface area contributed by atoms with E-state index in [1.807, 2.05) is 30.3 Å². The molecule has 0 unspecified atom stereocenters. The summed E-state index contributed by atoms with van der Waals surface area (Å²) in [6.07, 6.45) is 3.70. The average molecular weight is 292 g/mol. The minimum absolute atomic E-state index is 0.139. The number of ketones is 2. The molecule has 0 spiro atoms. The van der Waals surface area contributed by atoms with Gasteiger partial charge in [-0.05, 0) is 16.8 Å². The predicted molar refractivity (Wildman–Crippen MR) is 81.4 cm³/mol. The highest BCUT2D eigenvalue weighted by atomic mass is 16.3. The standard InChI is InChI=1S/C17H12N2O3/c18-14(16(21)17-19-7-8-22-17)10-15(20)13-6-5-11-3-1-2-4-12(11)9-13/h1-10H,18H2. The van der Waals surface area contributed by atoms with Gasteiger partial charge in [0.2, 0.25) is 0 Å². The van der Waals surface area contributed by atoms with Crippen LogP contribution < -0.4 is 5.73 Å². The number of nitrogens with zero attached hydrogens (tertiary/aromatic N) is 1. The molecule has 5 heteroatoms. The van der Waals surface area contributed by atoms with Gasteiger partial charge in [-0.25, -0.2) is 4.98 Å². The second-order valence-corrected chi connectivity index (χ2v) is 4.69. The molecule has 1 heterocycles. The van der Waals surface area contributed by atoms with E-state index in [-0.39, 0.29) is 17.4 Å². The quantitative estimate of drug-likeness (QED) is 0.590. The third-order valence-corrected chi connectivity index (χ3v) is 3.21. The fourth-order valence-corrected chi connectivity index (χ4v) is 2.09. The van der Waals surface area contributed by atoms with E-state index in [4.69, 9.17) is 10.2 Å². The molecular weight excluding hydrogens is 280 g/mol. The topological polar surface area (TPSA) is 86.2 Å². The summed E-state index contributed by atoms with van der Waals surface area (Å²) in [4.78, 5) is 27.8. The van der Waals surface area contributed by atoms with Crippen molar-refractivity contribution in [2.75, 3.05) is 0 Å². The molecule has 0 bridgehead atoms. The highest BCUT2D eigenvalue weighted by Gasteiger charge is 2.15. The van der Waals surface area contributed by atoms with Gasteiger partial charge < -0.3 is 10.2 Å². The Kier molecular flexibility index (Phi) is 3.53. The van der Waals surface area contributed by atoms with Gasteiger partial charge >= 0.3 is 0 Å². The second kappa shape index (κ2) is 5.65. The Bertz CT molecular complexity index is 880. The van der Waals surface area contributed by atoms with Gasteiger partial charge in [-0.15, -0.1) is 0 Å². The molecule has 0 radical (unpaired) electrons. The van der Waals surface area contributed by atoms with Gasteiger partial charge in [-0.2, -0.15) is 0 Å². The molecule has 0 saturated carbocycles. The lowest BCUT2D eigenvalue weighted by Crippen LogP contribution is -2.14. The maximum atomic E-state index is 12.2. The summed E-state index contributed by atoms with van der Waals surface area (Å²) in [6.45, 7) is 0. The minimum atomic E-state index is -0.612. The van der Waals surface area contributed by atoms with Crippen molar-refractivity contribution in [3.8, 4) is 0 Å². The van der Waals surface area contributed by atoms with Gasteiger partial charge in [-0.3, -0.25) is 9.59 Å². The second-order valence-electron chi connectivity index (χ2n) is 4.69. The first-order valence-electron chi connectivity index (χ1n) is 6.59. The molecule has 108 valence electrons. The Morgan fingerprint density at radius 3 is 2.59 bits per heavy atom. The van der Waals surface area contributed by atoms with E-state index < -0.39 is 5.78 Å². The first-order valence-corrected chi connectivity index (χ1v) is 6.59. The smallest absolute Gasteiger partial charge is 0.269 e. The van der Waals surface area contributed by atoms with Crippen LogP contribution in [0.25, 0.3) is 10.8 Å². The number of Topliss-reactive ketones (excluding diaryl/α,β-unsaturated/α-hetero) is 1. The number of nitrogens with two attached hydrogens (primary N) is 1. The number of hydrogen-bond acceptors (Lipinski definition) is 5. The molecule has 0 fully saturated rings. The molecule has 0 aliphatic heterocycles. The van der Waals surface area contributed by atoms with Gasteiger partial charge in [0.25, 0.3) is 11.7 Å². The third kappa shape index (κ3) is 2.64. The molecule has 0 aliphatic rings. The maximum absolute atomic E-state index is 12.2. The zero-order valence-corrected chi connectivity index (χ0v) is 11.5. The van der Waals surface area contributed by atoms with Gasteiger partial charge in [0, 0.05) is 11.6 Å². The zero-order valence-electron chi connectivity index (χ0n) is 11.5. The summed E-state index contributed by atoms with van der Waals surface area (Å²) in [7, 11) is 0. The van der Waals surface area contributed by atoms with Crippen molar-refractivity contribution in [1.29, 1.82) is 0 Å². The molecule has 2 N–H and O–H groups in total. The van der Waals surface area contributed by atoms with Crippen LogP contribution in [0.3, 0.4) is 0 Å². The van der Waals surface area contributed by atoms with Gasteiger partial charge in [0.1, 0.15) is 6.26 Å². The number of benzene rings is 2. The van der Waals surface area contributed by atoms with Crippen molar-refractivity contribution in [1.82, 2.24) is 4.98 Å². The molecule has 2 aromatic carbocycles. The SMILES string of the molecule is NC(=CC(=O)c1ccc2ccccc2c1)C(=O)c1ncco1. The van der Waals surface area contributed by atoms with Crippen LogP contribution in [0.15, 0.2) is 71.1 Å². The summed E-state index contributed by atoms with van der Waals surface area (Å²) in [5.74, 6) is -1.10. The number of oxazole rings is 1. The average Bonchev–Trinajstić information content (AvgIpc) is 3.08. The fraction of sp³-hybridized carbons (Fsp3) is 0. The van der Waals surface area contributed by atoms with E-state index >= 15 is 0 Å². The minimum Gasteiger partial charge on any atom is -0.442 e. The zero-order chi connectivity index (χ0) is 15.5. The summed E-state index contributed by atoms with van der Waals surface area (Å²) in [5.41, 5.74) is 5.90. The van der Waals surface area contributed by atoms with Crippen molar-refractivity contribution >= 4 is 22.3 Å². The van der Waals surface area contributed by atoms with E-state index in [0.29, 0.717) is 5.56 Å². The number of rotatable bonds is 4. The number of hydrogen-bond donors (Lipinski definition) is 1. The van der Waals surface area contributed by atoms with Gasteiger partial charge in [0.05, 0.1) is 11.9 Å². The van der Waals surface area contributed by atoms with E-state index in [2.05, 4.69) is 4.98 Å². The van der Waals surface area contributed by atoms with E-state index in [9.17, 15) is 9.59 Å². The van der Waals surface area contributed by atoms with Crippen LogP contribution in [0.5, 0.6) is 0 Å². The summed E-state index contributed by atoms with van der Waals surface area (Å²) in [5, 5.41) is 1.98. The van der Waals surface area contributed by atoms with Crippen LogP contribution in [0.2, 0.25) is 0 Å². The Morgan fingerprint density at radius 1 is 1.09 bits per heavy atom. The summed E-state index contributed by atoms with van der Waals surface area (Å²) in [6, 6.07) is 13.0. The normalized spacial score (nSPS) is 11.5. The number of aromatic nitrogens is 1. The Balaban J connectivity index is 1.89.